The van der Waals surface area contributed by atoms with Crippen LogP contribution in [0, 0.1) is 11.3 Å². The third-order valence-electron chi connectivity index (χ3n) is 6.08. The summed E-state index contributed by atoms with van der Waals surface area (Å²) in [5.41, 5.74) is 6.75. The lowest BCUT2D eigenvalue weighted by atomic mass is 10.1. The van der Waals surface area contributed by atoms with Gasteiger partial charge in [0.25, 0.3) is 0 Å². The van der Waals surface area contributed by atoms with Crippen LogP contribution in [0.4, 0.5) is 0 Å². The van der Waals surface area contributed by atoms with E-state index < -0.39 is 0 Å². The molecule has 0 aliphatic carbocycles. The Morgan fingerprint density at radius 3 is 2.47 bits per heavy atom. The summed E-state index contributed by atoms with van der Waals surface area (Å²) >= 11 is 0. The molecule has 160 valence electrons. The number of nitrogens with zero attached hydrogens (tertiary/aromatic N) is 7. The molecule has 0 bridgehead atoms. The van der Waals surface area contributed by atoms with Gasteiger partial charge < -0.3 is 9.30 Å². The maximum atomic E-state index is 9.18. The van der Waals surface area contributed by atoms with Gasteiger partial charge in [-0.3, -0.25) is 4.90 Å². The Balaban J connectivity index is 1.60. The molecular weight excluding hydrogens is 398 g/mol. The molecule has 1 aliphatic rings. The average Bonchev–Trinajstić information content (AvgIpc) is 3.06. The monoisotopic (exact) mass is 423 g/mol. The van der Waals surface area contributed by atoms with Gasteiger partial charge in [0, 0.05) is 54.9 Å². The standard InChI is InChI=1S/C25H25N7/c1-30-9-2-10-31(12-11-30)17-23-25(20-5-3-19(13-26)4-6-20)29-24-8-7-21(16-32(23)24)22-14-27-18-28-15-22/h3-8,14-16,18H,2,9-12,17H2,1H3. The van der Waals surface area contributed by atoms with E-state index in [-0.39, 0.29) is 0 Å². The van der Waals surface area contributed by atoms with Gasteiger partial charge in [-0.15, -0.1) is 0 Å². The predicted molar refractivity (Wildman–Crippen MR) is 124 cm³/mol. The van der Waals surface area contributed by atoms with Crippen LogP contribution < -0.4 is 0 Å². The van der Waals surface area contributed by atoms with Crippen LogP contribution in [0.1, 0.15) is 17.7 Å². The summed E-state index contributed by atoms with van der Waals surface area (Å²) < 4.78 is 2.20. The summed E-state index contributed by atoms with van der Waals surface area (Å²) in [5, 5.41) is 9.18. The van der Waals surface area contributed by atoms with E-state index in [1.807, 2.05) is 36.7 Å². The van der Waals surface area contributed by atoms with Gasteiger partial charge in [-0.25, -0.2) is 15.0 Å². The van der Waals surface area contributed by atoms with Crippen LogP contribution in [0.5, 0.6) is 0 Å². The first-order chi connectivity index (χ1) is 15.7. The third kappa shape index (κ3) is 4.11. The number of aromatic nitrogens is 4. The molecule has 0 unspecified atom stereocenters. The fourth-order valence-electron chi connectivity index (χ4n) is 4.27. The number of hydrogen-bond acceptors (Lipinski definition) is 6. The number of likely N-dealkylation sites (N-methyl/N-ethyl adjacent to an activating group) is 1. The van der Waals surface area contributed by atoms with Crippen LogP contribution in [-0.4, -0.2) is 62.4 Å². The summed E-state index contributed by atoms with van der Waals surface area (Å²) in [7, 11) is 2.19. The Kier molecular flexibility index (Phi) is 5.63. The fourth-order valence-corrected chi connectivity index (χ4v) is 4.27. The second-order valence-corrected chi connectivity index (χ2v) is 8.30. The highest BCUT2D eigenvalue weighted by molar-refractivity contribution is 5.70. The van der Waals surface area contributed by atoms with Crippen molar-refractivity contribution in [2.24, 2.45) is 0 Å². The van der Waals surface area contributed by atoms with Crippen molar-refractivity contribution >= 4 is 5.65 Å². The van der Waals surface area contributed by atoms with Crippen molar-refractivity contribution in [3.63, 3.8) is 0 Å². The highest BCUT2D eigenvalue weighted by atomic mass is 15.2. The van der Waals surface area contributed by atoms with Crippen molar-refractivity contribution in [1.82, 2.24) is 29.2 Å². The van der Waals surface area contributed by atoms with E-state index in [4.69, 9.17) is 4.98 Å². The van der Waals surface area contributed by atoms with Crippen molar-refractivity contribution in [2.45, 2.75) is 13.0 Å². The molecule has 0 atom stereocenters. The van der Waals surface area contributed by atoms with Crippen molar-refractivity contribution in [3.8, 4) is 28.5 Å². The number of hydrogen-bond donors (Lipinski definition) is 0. The van der Waals surface area contributed by atoms with E-state index in [0.717, 1.165) is 72.9 Å². The zero-order valence-electron chi connectivity index (χ0n) is 18.1. The number of rotatable bonds is 4. The zero-order chi connectivity index (χ0) is 21.9. The van der Waals surface area contributed by atoms with Gasteiger partial charge in [0.05, 0.1) is 23.0 Å². The number of pyridine rings is 1. The highest BCUT2D eigenvalue weighted by Crippen LogP contribution is 2.28. The predicted octanol–water partition coefficient (Wildman–Crippen LogP) is 3.47. The Labute approximate surface area is 187 Å². The van der Waals surface area contributed by atoms with Gasteiger partial charge in [-0.05, 0) is 50.8 Å². The lowest BCUT2D eigenvalue weighted by molar-refractivity contribution is 0.266. The largest absolute Gasteiger partial charge is 0.305 e. The van der Waals surface area contributed by atoms with E-state index in [1.165, 1.54) is 0 Å². The number of imidazole rings is 1. The fraction of sp³-hybridized carbons (Fsp3) is 0.280. The Morgan fingerprint density at radius 2 is 1.69 bits per heavy atom. The lowest BCUT2D eigenvalue weighted by Gasteiger charge is -2.20. The first kappa shape index (κ1) is 20.3. The molecule has 32 heavy (non-hydrogen) atoms. The quantitative estimate of drug-likeness (QED) is 0.500. The zero-order valence-corrected chi connectivity index (χ0v) is 18.1. The molecular formula is C25H25N7. The van der Waals surface area contributed by atoms with Crippen LogP contribution in [-0.2, 0) is 6.54 Å². The molecule has 1 aromatic carbocycles. The van der Waals surface area contributed by atoms with Gasteiger partial charge >= 0.3 is 0 Å². The van der Waals surface area contributed by atoms with Crippen molar-refractivity contribution in [2.75, 3.05) is 33.2 Å². The second kappa shape index (κ2) is 8.87. The minimum atomic E-state index is 0.654. The average molecular weight is 424 g/mol. The van der Waals surface area contributed by atoms with E-state index >= 15 is 0 Å². The molecule has 0 amide bonds. The number of benzene rings is 1. The molecule has 7 heteroatoms. The molecule has 4 heterocycles. The summed E-state index contributed by atoms with van der Waals surface area (Å²) in [5.74, 6) is 0. The molecule has 0 saturated carbocycles. The molecule has 1 aliphatic heterocycles. The highest BCUT2D eigenvalue weighted by Gasteiger charge is 2.19. The van der Waals surface area contributed by atoms with Crippen LogP contribution in [0.25, 0.3) is 28.0 Å². The smallest absolute Gasteiger partial charge is 0.137 e. The number of nitriles is 1. The minimum absolute atomic E-state index is 0.654. The second-order valence-electron chi connectivity index (χ2n) is 8.30. The van der Waals surface area contributed by atoms with Crippen LogP contribution in [0.2, 0.25) is 0 Å². The summed E-state index contributed by atoms with van der Waals surface area (Å²) in [6.07, 6.45) is 8.50. The van der Waals surface area contributed by atoms with Crippen molar-refractivity contribution < 1.29 is 0 Å². The minimum Gasteiger partial charge on any atom is -0.305 e. The normalized spacial score (nSPS) is 15.5. The summed E-state index contributed by atoms with van der Waals surface area (Å²) in [4.78, 5) is 18.2. The van der Waals surface area contributed by atoms with Gasteiger partial charge in [0.1, 0.15) is 12.0 Å². The first-order valence-electron chi connectivity index (χ1n) is 10.9. The third-order valence-corrected chi connectivity index (χ3v) is 6.08. The Hall–Kier alpha value is -3.60. The van der Waals surface area contributed by atoms with E-state index in [9.17, 15) is 5.26 Å². The molecule has 3 aromatic heterocycles. The Morgan fingerprint density at radius 1 is 0.906 bits per heavy atom. The van der Waals surface area contributed by atoms with E-state index in [1.54, 1.807) is 6.33 Å². The molecule has 0 spiro atoms. The van der Waals surface area contributed by atoms with Crippen molar-refractivity contribution in [1.29, 1.82) is 5.26 Å². The molecule has 0 radical (unpaired) electrons. The Bertz CT molecular complexity index is 1260. The topological polar surface area (TPSA) is 73.3 Å². The SMILES string of the molecule is CN1CCCN(Cc2c(-c3ccc(C#N)cc3)nc3ccc(-c4cncnc4)cn23)CC1. The lowest BCUT2D eigenvalue weighted by Crippen LogP contribution is -2.29. The summed E-state index contributed by atoms with van der Waals surface area (Å²) in [6, 6.07) is 14.0. The molecule has 7 nitrogen and oxygen atoms in total. The number of fused-ring (bicyclic) bond motifs is 1. The summed E-state index contributed by atoms with van der Waals surface area (Å²) in [6.45, 7) is 5.11. The maximum Gasteiger partial charge on any atom is 0.137 e. The molecule has 0 N–H and O–H groups in total. The van der Waals surface area contributed by atoms with Gasteiger partial charge in [0.2, 0.25) is 0 Å². The molecule has 5 rings (SSSR count). The van der Waals surface area contributed by atoms with Crippen LogP contribution in [0.15, 0.2) is 61.3 Å². The van der Waals surface area contributed by atoms with Gasteiger partial charge in [-0.1, -0.05) is 12.1 Å². The van der Waals surface area contributed by atoms with Gasteiger partial charge in [0.15, 0.2) is 0 Å². The van der Waals surface area contributed by atoms with E-state index in [0.29, 0.717) is 5.56 Å². The maximum absolute atomic E-state index is 9.18. The van der Waals surface area contributed by atoms with Crippen LogP contribution >= 0.6 is 0 Å². The van der Waals surface area contributed by atoms with Gasteiger partial charge in [-0.2, -0.15) is 5.26 Å². The van der Waals surface area contributed by atoms with Crippen molar-refractivity contribution in [3.05, 3.63) is 72.6 Å². The van der Waals surface area contributed by atoms with E-state index in [2.05, 4.69) is 55.6 Å². The first-order valence-corrected chi connectivity index (χ1v) is 10.9. The molecule has 1 saturated heterocycles. The molecule has 1 fully saturated rings. The molecule has 4 aromatic rings. The van der Waals surface area contributed by atoms with Crippen LogP contribution in [0.3, 0.4) is 0 Å².